The van der Waals surface area contributed by atoms with E-state index in [1.54, 1.807) is 6.07 Å². The van der Waals surface area contributed by atoms with Gasteiger partial charge in [-0.2, -0.15) is 5.10 Å². The third-order valence-electron chi connectivity index (χ3n) is 5.92. The molecule has 0 saturated heterocycles. The minimum Gasteiger partial charge on any atom is -0.493 e. The fourth-order valence-corrected chi connectivity index (χ4v) is 4.39. The van der Waals surface area contributed by atoms with Crippen LogP contribution < -0.4 is 9.47 Å². The summed E-state index contributed by atoms with van der Waals surface area (Å²) in [5.74, 6) is 0.531. The Labute approximate surface area is 222 Å². The van der Waals surface area contributed by atoms with E-state index in [4.69, 9.17) is 26.2 Å². The number of aliphatic carboxylic acids is 1. The predicted octanol–water partition coefficient (Wildman–Crippen LogP) is 7.28. The molecule has 1 heterocycles. The Kier molecular flexibility index (Phi) is 8.86. The molecule has 0 bridgehead atoms. The minimum absolute atomic E-state index is 0.0852. The van der Waals surface area contributed by atoms with E-state index in [1.165, 1.54) is 0 Å². The quantitative estimate of drug-likeness (QED) is 0.213. The maximum atomic E-state index is 11.4. The third kappa shape index (κ3) is 6.71. The Morgan fingerprint density at radius 3 is 2.49 bits per heavy atom. The largest absolute Gasteiger partial charge is 0.493 e. The van der Waals surface area contributed by atoms with E-state index in [-0.39, 0.29) is 6.42 Å². The lowest BCUT2D eigenvalue weighted by molar-refractivity contribution is -0.136. The van der Waals surface area contributed by atoms with Gasteiger partial charge in [-0.15, -0.1) is 0 Å². The summed E-state index contributed by atoms with van der Waals surface area (Å²) in [5.41, 5.74) is 4.97. The number of benzene rings is 3. The summed E-state index contributed by atoms with van der Waals surface area (Å²) >= 11 is 6.14. The number of hydrogen-bond acceptors (Lipinski definition) is 4. The molecule has 0 fully saturated rings. The topological polar surface area (TPSA) is 73.6 Å². The molecule has 4 rings (SSSR count). The van der Waals surface area contributed by atoms with Crippen LogP contribution in [-0.2, 0) is 24.4 Å². The Morgan fingerprint density at radius 2 is 1.73 bits per heavy atom. The summed E-state index contributed by atoms with van der Waals surface area (Å²) in [6.45, 7) is 5.75. The highest BCUT2D eigenvalue weighted by molar-refractivity contribution is 6.30. The number of unbranched alkanes of at least 4 members (excludes halogenated alkanes) is 1. The molecular weight excluding hydrogens is 488 g/mol. The molecule has 4 aromatic rings. The number of nitrogens with zero attached hydrogens (tertiary/aromatic N) is 2. The number of aromatic nitrogens is 2. The lowest BCUT2D eigenvalue weighted by atomic mass is 10.0. The minimum atomic E-state index is -0.890. The molecule has 37 heavy (non-hydrogen) atoms. The Hall–Kier alpha value is -3.77. The molecule has 6 nitrogen and oxygen atoms in total. The van der Waals surface area contributed by atoms with Crippen LogP contribution >= 0.6 is 11.6 Å². The van der Waals surface area contributed by atoms with Gasteiger partial charge in [-0.1, -0.05) is 55.3 Å². The van der Waals surface area contributed by atoms with E-state index in [9.17, 15) is 9.90 Å². The zero-order valence-corrected chi connectivity index (χ0v) is 21.9. The van der Waals surface area contributed by atoms with Gasteiger partial charge in [0.15, 0.2) is 0 Å². The standard InChI is InChI=1S/C30H31ClN2O4/c1-3-5-15-33-27(24-11-6-7-12-28(24)36-4-2)19-26(32-33)25-17-21(18-30(34)35)13-14-29(25)37-20-22-9-8-10-23(31)16-22/h6-14,16-17,19H,3-5,15,18,20H2,1-2H3,(H,34,35). The van der Waals surface area contributed by atoms with E-state index in [2.05, 4.69) is 6.92 Å². The van der Waals surface area contributed by atoms with Crippen LogP contribution in [0.5, 0.6) is 11.5 Å². The average Bonchev–Trinajstić information content (AvgIpc) is 3.30. The number of para-hydroxylation sites is 1. The van der Waals surface area contributed by atoms with Crippen LogP contribution in [0.4, 0.5) is 0 Å². The number of carboxylic acids is 1. The second-order valence-electron chi connectivity index (χ2n) is 8.74. The first-order chi connectivity index (χ1) is 18.0. The molecule has 1 N–H and O–H groups in total. The molecule has 0 radical (unpaired) electrons. The fourth-order valence-electron chi connectivity index (χ4n) is 4.18. The molecule has 3 aromatic carbocycles. The molecule has 0 unspecified atom stereocenters. The van der Waals surface area contributed by atoms with Gasteiger partial charge in [0.1, 0.15) is 18.1 Å². The molecule has 0 aliphatic rings. The van der Waals surface area contributed by atoms with Gasteiger partial charge < -0.3 is 14.6 Å². The van der Waals surface area contributed by atoms with Gasteiger partial charge in [0.2, 0.25) is 0 Å². The maximum Gasteiger partial charge on any atom is 0.307 e. The molecule has 192 valence electrons. The zero-order chi connectivity index (χ0) is 26.2. The highest BCUT2D eigenvalue weighted by atomic mass is 35.5. The smallest absolute Gasteiger partial charge is 0.307 e. The molecule has 0 atom stereocenters. The molecule has 0 aliphatic carbocycles. The highest BCUT2D eigenvalue weighted by Gasteiger charge is 2.18. The van der Waals surface area contributed by atoms with Crippen molar-refractivity contribution in [1.82, 2.24) is 9.78 Å². The first kappa shape index (κ1) is 26.3. The Balaban J connectivity index is 1.78. The number of hydrogen-bond donors (Lipinski definition) is 1. The molecule has 0 spiro atoms. The SMILES string of the molecule is CCCCn1nc(-c2cc(CC(=O)O)ccc2OCc2cccc(Cl)c2)cc1-c1ccccc1OCC. The molecule has 0 amide bonds. The molecule has 0 aliphatic heterocycles. The summed E-state index contributed by atoms with van der Waals surface area (Å²) in [4.78, 5) is 11.4. The van der Waals surface area contributed by atoms with Crippen LogP contribution in [0.1, 0.15) is 37.8 Å². The highest BCUT2D eigenvalue weighted by Crippen LogP contribution is 2.37. The van der Waals surface area contributed by atoms with E-state index in [0.717, 1.165) is 47.5 Å². The van der Waals surface area contributed by atoms with Crippen molar-refractivity contribution in [1.29, 1.82) is 0 Å². The van der Waals surface area contributed by atoms with Gasteiger partial charge in [0.25, 0.3) is 0 Å². The number of carbonyl (C=O) groups is 1. The Morgan fingerprint density at radius 1 is 0.919 bits per heavy atom. The number of ether oxygens (including phenoxy) is 2. The number of aryl methyl sites for hydroxylation is 1. The monoisotopic (exact) mass is 518 g/mol. The second kappa shape index (κ2) is 12.5. The second-order valence-corrected chi connectivity index (χ2v) is 9.18. The van der Waals surface area contributed by atoms with Gasteiger partial charge in [-0.05, 0) is 66.9 Å². The first-order valence-corrected chi connectivity index (χ1v) is 12.9. The van der Waals surface area contributed by atoms with Crippen molar-refractivity contribution >= 4 is 17.6 Å². The van der Waals surface area contributed by atoms with Gasteiger partial charge >= 0.3 is 5.97 Å². The molecular formula is C30H31ClN2O4. The number of carboxylic acid groups (broad SMARTS) is 1. The lowest BCUT2D eigenvalue weighted by Crippen LogP contribution is -2.04. The van der Waals surface area contributed by atoms with Gasteiger partial charge in [0.05, 0.1) is 24.4 Å². The summed E-state index contributed by atoms with van der Waals surface area (Å²) in [7, 11) is 0. The van der Waals surface area contributed by atoms with Crippen molar-refractivity contribution in [3.63, 3.8) is 0 Å². The van der Waals surface area contributed by atoms with Crippen molar-refractivity contribution in [2.24, 2.45) is 0 Å². The van der Waals surface area contributed by atoms with Crippen molar-refractivity contribution < 1.29 is 19.4 Å². The Bertz CT molecular complexity index is 1370. The van der Waals surface area contributed by atoms with Crippen LogP contribution in [0.3, 0.4) is 0 Å². The summed E-state index contributed by atoms with van der Waals surface area (Å²) < 4.78 is 14.1. The van der Waals surface area contributed by atoms with E-state index >= 15 is 0 Å². The zero-order valence-electron chi connectivity index (χ0n) is 21.1. The van der Waals surface area contributed by atoms with Crippen molar-refractivity contribution in [2.75, 3.05) is 6.61 Å². The number of halogens is 1. The predicted molar refractivity (Wildman–Crippen MR) is 146 cm³/mol. The van der Waals surface area contributed by atoms with E-state index < -0.39 is 5.97 Å². The van der Waals surface area contributed by atoms with Crippen LogP contribution in [0.25, 0.3) is 22.5 Å². The third-order valence-corrected chi connectivity index (χ3v) is 6.16. The normalized spacial score (nSPS) is 10.9. The molecule has 0 saturated carbocycles. The van der Waals surface area contributed by atoms with Gasteiger partial charge in [-0.25, -0.2) is 0 Å². The summed E-state index contributed by atoms with van der Waals surface area (Å²) in [6.07, 6.45) is 1.92. The number of rotatable bonds is 12. The molecule has 7 heteroatoms. The average molecular weight is 519 g/mol. The van der Waals surface area contributed by atoms with E-state index in [1.807, 2.05) is 78.3 Å². The maximum absolute atomic E-state index is 11.4. The van der Waals surface area contributed by atoms with Crippen molar-refractivity contribution in [3.05, 3.63) is 88.9 Å². The van der Waals surface area contributed by atoms with Crippen molar-refractivity contribution in [3.8, 4) is 34.0 Å². The van der Waals surface area contributed by atoms with Crippen LogP contribution in [0, 0.1) is 0 Å². The van der Waals surface area contributed by atoms with Gasteiger partial charge in [-0.3, -0.25) is 9.48 Å². The molecule has 1 aromatic heterocycles. The summed E-state index contributed by atoms with van der Waals surface area (Å²) in [6, 6.07) is 22.9. The van der Waals surface area contributed by atoms with Gasteiger partial charge in [0, 0.05) is 22.7 Å². The summed E-state index contributed by atoms with van der Waals surface area (Å²) in [5, 5.41) is 15.0. The van der Waals surface area contributed by atoms with Crippen LogP contribution in [-0.4, -0.2) is 27.5 Å². The van der Waals surface area contributed by atoms with Crippen LogP contribution in [0.2, 0.25) is 5.02 Å². The lowest BCUT2D eigenvalue weighted by Gasteiger charge is -2.12. The van der Waals surface area contributed by atoms with E-state index in [0.29, 0.717) is 35.2 Å². The van der Waals surface area contributed by atoms with Crippen LogP contribution in [0.15, 0.2) is 72.8 Å². The van der Waals surface area contributed by atoms with Crippen molar-refractivity contribution in [2.45, 2.75) is 46.3 Å². The first-order valence-electron chi connectivity index (χ1n) is 12.5. The fraction of sp³-hybridized carbons (Fsp3) is 0.267.